The number of amides is 1. The van der Waals surface area contributed by atoms with Crippen molar-refractivity contribution in [3.05, 3.63) is 76.6 Å². The van der Waals surface area contributed by atoms with Crippen molar-refractivity contribution in [2.24, 2.45) is 0 Å². The monoisotopic (exact) mass is 467 g/mol. The molecule has 0 spiro atoms. The number of rotatable bonds is 10. The first-order valence-corrected chi connectivity index (χ1v) is 11.2. The molecule has 1 atom stereocenters. The average molecular weight is 468 g/mol. The summed E-state index contributed by atoms with van der Waals surface area (Å²) in [6.45, 7) is 7.46. The van der Waals surface area contributed by atoms with Gasteiger partial charge in [0.2, 0.25) is 5.82 Å². The van der Waals surface area contributed by atoms with Gasteiger partial charge >= 0.3 is 0 Å². The Morgan fingerprint density at radius 1 is 1.00 bits per heavy atom. The summed E-state index contributed by atoms with van der Waals surface area (Å²) in [5, 5.41) is 0. The highest BCUT2D eigenvalue weighted by molar-refractivity contribution is 6.07. The van der Waals surface area contributed by atoms with Crippen molar-refractivity contribution in [3.8, 4) is 0 Å². The number of carbonyl (C=O) groups excluding carboxylic acids is 1. The Balaban J connectivity index is 2.70. The largest absolute Gasteiger partial charge is 0.302 e. The van der Waals surface area contributed by atoms with Crippen LogP contribution in [-0.4, -0.2) is 11.4 Å². The molecule has 7 heteroatoms. The molecule has 0 heterocycles. The maximum Gasteiger partial charge on any atom is 0.264 e. The lowest BCUT2D eigenvalue weighted by molar-refractivity contribution is 0.0941. The van der Waals surface area contributed by atoms with Gasteiger partial charge in [0, 0.05) is 11.2 Å². The molecule has 1 unspecified atom stereocenters. The van der Waals surface area contributed by atoms with Gasteiger partial charge in [-0.25, -0.2) is 22.0 Å². The molecular weight excluding hydrogens is 437 g/mol. The van der Waals surface area contributed by atoms with Gasteiger partial charge in [0.25, 0.3) is 5.91 Å². The van der Waals surface area contributed by atoms with Gasteiger partial charge in [-0.15, -0.1) is 0 Å². The summed E-state index contributed by atoms with van der Waals surface area (Å²) in [7, 11) is 0. The Kier molecular flexibility index (Phi) is 9.20. The zero-order valence-corrected chi connectivity index (χ0v) is 19.5. The highest BCUT2D eigenvalue weighted by atomic mass is 19.2. The second-order valence-electron chi connectivity index (χ2n) is 8.32. The van der Waals surface area contributed by atoms with E-state index in [2.05, 4.69) is 0 Å². The van der Waals surface area contributed by atoms with Gasteiger partial charge in [-0.05, 0) is 57.2 Å². The maximum absolute atomic E-state index is 14.6. The van der Waals surface area contributed by atoms with Crippen molar-refractivity contribution in [3.63, 3.8) is 0 Å². The number of aryl methyl sites for hydroxylation is 1. The van der Waals surface area contributed by atoms with Crippen LogP contribution in [0.1, 0.15) is 75.7 Å². The van der Waals surface area contributed by atoms with Gasteiger partial charge in [-0.2, -0.15) is 0 Å². The van der Waals surface area contributed by atoms with Crippen LogP contribution in [0.5, 0.6) is 0 Å². The summed E-state index contributed by atoms with van der Waals surface area (Å²) < 4.78 is 70.6. The van der Waals surface area contributed by atoms with Crippen LogP contribution in [0.15, 0.2) is 36.4 Å². The minimum absolute atomic E-state index is 0.349. The molecule has 2 aromatic carbocycles. The van der Waals surface area contributed by atoms with Crippen molar-refractivity contribution in [1.82, 2.24) is 0 Å². The maximum atomic E-state index is 14.6. The number of anilines is 1. The van der Waals surface area contributed by atoms with Gasteiger partial charge in [0.15, 0.2) is 23.3 Å². The SMILES string of the molecule is C/C=C\CCc1cccc(N(C(=O)c2c(F)c(F)c(F)c(F)c2F)C(C)(CC)CCCC)c1. The molecule has 1 amide bonds. The Labute approximate surface area is 192 Å². The zero-order valence-electron chi connectivity index (χ0n) is 19.5. The van der Waals surface area contributed by atoms with E-state index in [4.69, 9.17) is 0 Å². The third-order valence-electron chi connectivity index (χ3n) is 6.00. The van der Waals surface area contributed by atoms with E-state index >= 15 is 0 Å². The summed E-state index contributed by atoms with van der Waals surface area (Å²) in [5.74, 6) is -12.1. The van der Waals surface area contributed by atoms with E-state index in [0.717, 1.165) is 18.4 Å². The van der Waals surface area contributed by atoms with Crippen LogP contribution in [0, 0.1) is 29.1 Å². The molecule has 0 aliphatic carbocycles. The van der Waals surface area contributed by atoms with E-state index in [9.17, 15) is 26.7 Å². The Morgan fingerprint density at radius 2 is 1.61 bits per heavy atom. The first-order valence-electron chi connectivity index (χ1n) is 11.2. The second-order valence-corrected chi connectivity index (χ2v) is 8.32. The van der Waals surface area contributed by atoms with Crippen LogP contribution in [-0.2, 0) is 6.42 Å². The fourth-order valence-corrected chi connectivity index (χ4v) is 3.85. The molecule has 0 saturated heterocycles. The molecule has 0 saturated carbocycles. The molecule has 0 aliphatic heterocycles. The smallest absolute Gasteiger partial charge is 0.264 e. The number of benzene rings is 2. The second kappa shape index (κ2) is 11.4. The zero-order chi connectivity index (χ0) is 24.8. The summed E-state index contributed by atoms with van der Waals surface area (Å²) in [6, 6.07) is 6.93. The summed E-state index contributed by atoms with van der Waals surface area (Å²) in [6.07, 6.45) is 7.76. The number of allylic oxidation sites excluding steroid dienone is 2. The number of hydrogen-bond acceptors (Lipinski definition) is 1. The van der Waals surface area contributed by atoms with Crippen molar-refractivity contribution >= 4 is 11.6 Å². The third-order valence-corrected chi connectivity index (χ3v) is 6.00. The lowest BCUT2D eigenvalue weighted by atomic mass is 9.88. The van der Waals surface area contributed by atoms with Gasteiger partial charge in [0.05, 0.1) is 0 Å². The number of nitrogens with zero attached hydrogens (tertiary/aromatic N) is 1. The minimum Gasteiger partial charge on any atom is -0.302 e. The van der Waals surface area contributed by atoms with Crippen molar-refractivity contribution in [1.29, 1.82) is 0 Å². The van der Waals surface area contributed by atoms with Crippen LogP contribution < -0.4 is 4.90 Å². The number of hydrogen-bond donors (Lipinski definition) is 0. The van der Waals surface area contributed by atoms with Gasteiger partial charge in [-0.3, -0.25) is 4.79 Å². The summed E-state index contributed by atoms with van der Waals surface area (Å²) in [4.78, 5) is 14.7. The topological polar surface area (TPSA) is 20.3 Å². The Hall–Kier alpha value is -2.70. The number of halogens is 5. The predicted octanol–water partition coefficient (Wildman–Crippen LogP) is 7.90. The molecule has 2 nitrogen and oxygen atoms in total. The normalized spacial score (nSPS) is 13.4. The average Bonchev–Trinajstić information content (AvgIpc) is 2.81. The number of carbonyl (C=O) groups is 1. The van der Waals surface area contributed by atoms with Crippen LogP contribution in [0.3, 0.4) is 0 Å². The Morgan fingerprint density at radius 3 is 2.15 bits per heavy atom. The molecule has 180 valence electrons. The first kappa shape index (κ1) is 26.6. The van der Waals surface area contributed by atoms with Crippen molar-refractivity contribution < 1.29 is 26.7 Å². The van der Waals surface area contributed by atoms with E-state index < -0.39 is 46.1 Å². The van der Waals surface area contributed by atoms with E-state index in [-0.39, 0.29) is 0 Å². The van der Waals surface area contributed by atoms with E-state index in [1.165, 1.54) is 4.90 Å². The minimum atomic E-state index is -2.29. The molecule has 0 bridgehead atoms. The fourth-order valence-electron chi connectivity index (χ4n) is 3.85. The van der Waals surface area contributed by atoms with Gasteiger partial charge in [0.1, 0.15) is 5.56 Å². The van der Waals surface area contributed by atoms with E-state index in [1.807, 2.05) is 39.0 Å². The lowest BCUT2D eigenvalue weighted by Gasteiger charge is -2.41. The van der Waals surface area contributed by atoms with Crippen molar-refractivity contribution in [2.45, 2.75) is 71.8 Å². The van der Waals surface area contributed by atoms with Crippen molar-refractivity contribution in [2.75, 3.05) is 4.90 Å². The quantitative estimate of drug-likeness (QED) is 0.151. The molecule has 0 N–H and O–H groups in total. The van der Waals surface area contributed by atoms with Crippen LogP contribution in [0.4, 0.5) is 27.6 Å². The fraction of sp³-hybridized carbons (Fsp3) is 0.423. The van der Waals surface area contributed by atoms with E-state index in [1.54, 1.807) is 25.1 Å². The van der Waals surface area contributed by atoms with Crippen LogP contribution >= 0.6 is 0 Å². The molecule has 2 aromatic rings. The predicted molar refractivity (Wildman–Crippen MR) is 121 cm³/mol. The van der Waals surface area contributed by atoms with Crippen LogP contribution in [0.2, 0.25) is 0 Å². The van der Waals surface area contributed by atoms with Gasteiger partial charge < -0.3 is 4.90 Å². The summed E-state index contributed by atoms with van der Waals surface area (Å²) in [5.41, 5.74) is -1.12. The molecule has 0 radical (unpaired) electrons. The highest BCUT2D eigenvalue weighted by Crippen LogP contribution is 2.35. The highest BCUT2D eigenvalue weighted by Gasteiger charge is 2.40. The first-order chi connectivity index (χ1) is 15.6. The van der Waals surface area contributed by atoms with Crippen LogP contribution in [0.25, 0.3) is 0 Å². The molecule has 33 heavy (non-hydrogen) atoms. The lowest BCUT2D eigenvalue weighted by Crippen LogP contribution is -2.50. The molecular formula is C26H30F5NO. The number of unbranched alkanes of at least 4 members (excludes halogenated alkanes) is 1. The Bertz CT molecular complexity index is 991. The van der Waals surface area contributed by atoms with Gasteiger partial charge in [-0.1, -0.05) is 51.0 Å². The van der Waals surface area contributed by atoms with E-state index in [0.29, 0.717) is 31.4 Å². The molecule has 0 fully saturated rings. The molecule has 0 aromatic heterocycles. The third kappa shape index (κ3) is 5.63. The standard InChI is InChI=1S/C26H30F5NO/c1-5-8-10-12-17-13-11-14-18(16-17)32(26(4,7-3)15-9-6-2)25(33)19-20(27)22(29)24(31)23(30)21(19)28/h5,8,11,13-14,16H,6-7,9-10,12,15H2,1-4H3/b8-5-. The molecule has 2 rings (SSSR count). The summed E-state index contributed by atoms with van der Waals surface area (Å²) >= 11 is 0. The molecule has 0 aliphatic rings.